The molecular weight excluding hydrogens is 192 g/mol. The van der Waals surface area contributed by atoms with E-state index < -0.39 is 0 Å². The fraction of sp³-hybridized carbons (Fsp3) is 0.727. The number of aliphatic hydroxyl groups is 2. The molecule has 1 unspecified atom stereocenters. The second-order valence-electron chi connectivity index (χ2n) is 4.22. The number of hydrogen-bond acceptors (Lipinski definition) is 3. The van der Waals surface area contributed by atoms with Gasteiger partial charge in [0.2, 0.25) is 0 Å². The van der Waals surface area contributed by atoms with Crippen LogP contribution in [-0.4, -0.2) is 33.0 Å². The maximum absolute atomic E-state index is 9.10. The summed E-state index contributed by atoms with van der Waals surface area (Å²) in [7, 11) is 0. The van der Waals surface area contributed by atoms with Crippen LogP contribution in [0.5, 0.6) is 0 Å². The highest BCUT2D eigenvalue weighted by Crippen LogP contribution is 2.19. The Morgan fingerprint density at radius 3 is 3.07 bits per heavy atom. The predicted molar refractivity (Wildman–Crippen MR) is 56.5 cm³/mol. The van der Waals surface area contributed by atoms with E-state index in [2.05, 4.69) is 15.7 Å². The lowest BCUT2D eigenvalue weighted by Gasteiger charge is -2.21. The van der Waals surface area contributed by atoms with E-state index in [0.29, 0.717) is 5.92 Å². The zero-order valence-electron chi connectivity index (χ0n) is 8.89. The van der Waals surface area contributed by atoms with Gasteiger partial charge in [0.1, 0.15) is 5.82 Å². The minimum Gasteiger partial charge on any atom is -0.396 e. The third kappa shape index (κ3) is 2.38. The zero-order chi connectivity index (χ0) is 10.7. The molecule has 1 aromatic heterocycles. The van der Waals surface area contributed by atoms with Crippen LogP contribution in [0.25, 0.3) is 0 Å². The van der Waals surface area contributed by atoms with Crippen LogP contribution in [0.1, 0.15) is 24.4 Å². The molecule has 1 aliphatic rings. The normalized spacial score (nSPS) is 20.3. The Kier molecular flexibility index (Phi) is 3.38. The summed E-state index contributed by atoms with van der Waals surface area (Å²) in [6, 6.07) is 0. The first-order valence-electron chi connectivity index (χ1n) is 5.60. The van der Waals surface area contributed by atoms with Crippen LogP contribution in [0.4, 0.5) is 0 Å². The first kappa shape index (κ1) is 10.6. The van der Waals surface area contributed by atoms with Crippen molar-refractivity contribution in [2.75, 3.05) is 13.2 Å². The van der Waals surface area contributed by atoms with Crippen molar-refractivity contribution >= 4 is 0 Å². The maximum atomic E-state index is 9.10. The molecule has 0 saturated carbocycles. The van der Waals surface area contributed by atoms with Crippen LogP contribution >= 0.6 is 0 Å². The van der Waals surface area contributed by atoms with Gasteiger partial charge in [-0.05, 0) is 19.3 Å². The zero-order valence-corrected chi connectivity index (χ0v) is 8.89. The molecule has 84 valence electrons. The topological polar surface area (TPSA) is 58.3 Å². The Labute approximate surface area is 89.6 Å². The van der Waals surface area contributed by atoms with E-state index in [1.807, 2.05) is 0 Å². The van der Waals surface area contributed by atoms with Gasteiger partial charge in [0.15, 0.2) is 0 Å². The summed E-state index contributed by atoms with van der Waals surface area (Å²) in [5, 5.41) is 17.8. The Morgan fingerprint density at radius 2 is 2.33 bits per heavy atom. The second-order valence-corrected chi connectivity index (χ2v) is 4.22. The van der Waals surface area contributed by atoms with Crippen molar-refractivity contribution in [3.63, 3.8) is 0 Å². The van der Waals surface area contributed by atoms with Gasteiger partial charge in [-0.25, -0.2) is 4.98 Å². The largest absolute Gasteiger partial charge is 0.396 e. The molecule has 0 aromatic carbocycles. The van der Waals surface area contributed by atoms with Gasteiger partial charge in [0.05, 0.1) is 5.69 Å². The molecule has 1 atom stereocenters. The Bertz CT molecular complexity index is 322. The standard InChI is InChI=1S/C11H18N2O2/c14-5-1-2-10-7-13-6-9(8-15)3-4-11(13)12-10/h7,9,14-15H,1-6,8H2. The third-order valence-corrected chi connectivity index (χ3v) is 2.99. The number of aryl methyl sites for hydroxylation is 2. The van der Waals surface area contributed by atoms with Crippen molar-refractivity contribution in [2.45, 2.75) is 32.2 Å². The lowest BCUT2D eigenvalue weighted by atomic mass is 10.0. The minimum atomic E-state index is 0.224. The first-order valence-corrected chi connectivity index (χ1v) is 5.60. The lowest BCUT2D eigenvalue weighted by Crippen LogP contribution is -2.22. The summed E-state index contributed by atoms with van der Waals surface area (Å²) >= 11 is 0. The number of aliphatic hydroxyl groups excluding tert-OH is 2. The summed E-state index contributed by atoms with van der Waals surface area (Å²) in [6.45, 7) is 1.38. The summed E-state index contributed by atoms with van der Waals surface area (Å²) in [4.78, 5) is 4.53. The molecule has 0 saturated heterocycles. The highest BCUT2D eigenvalue weighted by Gasteiger charge is 2.19. The van der Waals surface area contributed by atoms with Crippen LogP contribution in [0, 0.1) is 5.92 Å². The van der Waals surface area contributed by atoms with Crippen molar-refractivity contribution in [1.29, 1.82) is 0 Å². The van der Waals surface area contributed by atoms with E-state index in [9.17, 15) is 0 Å². The van der Waals surface area contributed by atoms with Crippen molar-refractivity contribution in [2.24, 2.45) is 5.92 Å². The summed E-state index contributed by atoms with van der Waals surface area (Å²) < 4.78 is 2.15. The summed E-state index contributed by atoms with van der Waals surface area (Å²) in [6.07, 6.45) is 5.68. The quantitative estimate of drug-likeness (QED) is 0.754. The highest BCUT2D eigenvalue weighted by atomic mass is 16.3. The average Bonchev–Trinajstić information content (AvgIpc) is 2.67. The minimum absolute atomic E-state index is 0.224. The molecule has 0 aliphatic carbocycles. The van der Waals surface area contributed by atoms with Gasteiger partial charge >= 0.3 is 0 Å². The summed E-state index contributed by atoms with van der Waals surface area (Å²) in [5.41, 5.74) is 1.07. The van der Waals surface area contributed by atoms with Gasteiger partial charge in [0.25, 0.3) is 0 Å². The molecule has 2 N–H and O–H groups in total. The molecule has 1 aromatic rings. The fourth-order valence-corrected chi connectivity index (χ4v) is 2.10. The number of fused-ring (bicyclic) bond motifs is 1. The Morgan fingerprint density at radius 1 is 1.47 bits per heavy atom. The molecular formula is C11H18N2O2. The molecule has 2 heterocycles. The molecule has 4 nitrogen and oxygen atoms in total. The molecule has 1 aliphatic heterocycles. The van der Waals surface area contributed by atoms with E-state index in [1.165, 1.54) is 0 Å². The highest BCUT2D eigenvalue weighted by molar-refractivity contribution is 5.07. The Hall–Kier alpha value is -0.870. The van der Waals surface area contributed by atoms with E-state index in [-0.39, 0.29) is 13.2 Å². The van der Waals surface area contributed by atoms with Crippen LogP contribution in [-0.2, 0) is 19.4 Å². The van der Waals surface area contributed by atoms with E-state index in [0.717, 1.165) is 43.7 Å². The van der Waals surface area contributed by atoms with E-state index in [1.54, 1.807) is 0 Å². The Balaban J connectivity index is 2.04. The van der Waals surface area contributed by atoms with Gasteiger partial charge in [-0.2, -0.15) is 0 Å². The first-order chi connectivity index (χ1) is 7.33. The van der Waals surface area contributed by atoms with Crippen molar-refractivity contribution in [3.05, 3.63) is 17.7 Å². The maximum Gasteiger partial charge on any atom is 0.108 e. The molecule has 0 spiro atoms. The smallest absolute Gasteiger partial charge is 0.108 e. The van der Waals surface area contributed by atoms with E-state index in [4.69, 9.17) is 10.2 Å². The number of nitrogens with zero attached hydrogens (tertiary/aromatic N) is 2. The molecule has 15 heavy (non-hydrogen) atoms. The molecule has 0 bridgehead atoms. The van der Waals surface area contributed by atoms with Crippen LogP contribution < -0.4 is 0 Å². The van der Waals surface area contributed by atoms with Crippen LogP contribution in [0.2, 0.25) is 0 Å². The van der Waals surface area contributed by atoms with Crippen LogP contribution in [0.3, 0.4) is 0 Å². The SMILES string of the molecule is OCCCc1cn2c(n1)CCC(CO)C2. The van der Waals surface area contributed by atoms with Gasteiger partial charge in [-0.1, -0.05) is 0 Å². The number of rotatable bonds is 4. The van der Waals surface area contributed by atoms with Gasteiger partial charge in [-0.15, -0.1) is 0 Å². The van der Waals surface area contributed by atoms with Gasteiger partial charge in [-0.3, -0.25) is 0 Å². The molecule has 0 amide bonds. The molecule has 0 fully saturated rings. The van der Waals surface area contributed by atoms with Crippen molar-refractivity contribution < 1.29 is 10.2 Å². The molecule has 0 radical (unpaired) electrons. The lowest BCUT2D eigenvalue weighted by molar-refractivity contribution is 0.190. The van der Waals surface area contributed by atoms with Crippen LogP contribution in [0.15, 0.2) is 6.20 Å². The molecule has 2 rings (SSSR count). The monoisotopic (exact) mass is 210 g/mol. The third-order valence-electron chi connectivity index (χ3n) is 2.99. The number of aromatic nitrogens is 2. The van der Waals surface area contributed by atoms with E-state index >= 15 is 0 Å². The summed E-state index contributed by atoms with van der Waals surface area (Å²) in [5.74, 6) is 1.52. The average molecular weight is 210 g/mol. The van der Waals surface area contributed by atoms with Gasteiger partial charge < -0.3 is 14.8 Å². The molecule has 4 heteroatoms. The fourth-order valence-electron chi connectivity index (χ4n) is 2.10. The number of hydrogen-bond donors (Lipinski definition) is 2. The van der Waals surface area contributed by atoms with Gasteiger partial charge in [0, 0.05) is 38.3 Å². The predicted octanol–water partition coefficient (Wildman–Crippen LogP) is 0.363. The van der Waals surface area contributed by atoms with Crippen molar-refractivity contribution in [1.82, 2.24) is 9.55 Å². The second kappa shape index (κ2) is 4.77. The number of imidazole rings is 1. The van der Waals surface area contributed by atoms with Crippen molar-refractivity contribution in [3.8, 4) is 0 Å².